The molecule has 0 aliphatic carbocycles. The van der Waals surface area contributed by atoms with Gasteiger partial charge in [0.05, 0.1) is 13.7 Å². The average Bonchev–Trinajstić information content (AvgIpc) is 2.44. The van der Waals surface area contributed by atoms with Crippen LogP contribution in [0.3, 0.4) is 0 Å². The maximum Gasteiger partial charge on any atom is 0.408 e. The first-order chi connectivity index (χ1) is 9.80. The molecule has 6 nitrogen and oxygen atoms in total. The van der Waals surface area contributed by atoms with Gasteiger partial charge in [0.25, 0.3) is 5.90 Å². The van der Waals surface area contributed by atoms with Crippen LogP contribution in [0.25, 0.3) is 0 Å². The highest BCUT2D eigenvalue weighted by Gasteiger charge is 2.18. The normalized spacial score (nSPS) is 10.0. The van der Waals surface area contributed by atoms with Crippen molar-refractivity contribution in [3.63, 3.8) is 0 Å². The molecule has 6 heteroatoms. The van der Waals surface area contributed by atoms with Crippen molar-refractivity contribution in [2.75, 3.05) is 13.7 Å². The van der Waals surface area contributed by atoms with Gasteiger partial charge in [-0.1, -0.05) is 34.3 Å². The van der Waals surface area contributed by atoms with E-state index in [0.29, 0.717) is 0 Å². The zero-order chi connectivity index (χ0) is 17.5. The summed E-state index contributed by atoms with van der Waals surface area (Å²) in [5.74, 6) is -0.575. The van der Waals surface area contributed by atoms with Crippen LogP contribution in [0, 0.1) is 0 Å². The number of ether oxygens (including phenoxy) is 2. The predicted octanol–water partition coefficient (Wildman–Crippen LogP) is 3.32. The molecular formula is C15H30N2O4. The molecule has 0 saturated carbocycles. The molecule has 124 valence electrons. The molecule has 0 aromatic rings. The lowest BCUT2D eigenvalue weighted by atomic mass is 10.2. The van der Waals surface area contributed by atoms with Crippen molar-refractivity contribution in [1.29, 1.82) is 0 Å². The van der Waals surface area contributed by atoms with Gasteiger partial charge in [0, 0.05) is 6.20 Å². The van der Waals surface area contributed by atoms with Crippen LogP contribution in [-0.2, 0) is 14.3 Å². The van der Waals surface area contributed by atoms with E-state index in [1.807, 2.05) is 27.7 Å². The van der Waals surface area contributed by atoms with E-state index in [1.54, 1.807) is 20.8 Å². The van der Waals surface area contributed by atoms with Crippen molar-refractivity contribution in [2.45, 2.75) is 54.1 Å². The minimum Gasteiger partial charge on any atom is -0.478 e. The lowest BCUT2D eigenvalue weighted by Gasteiger charge is -2.19. The third-order valence-electron chi connectivity index (χ3n) is 1.43. The Hall–Kier alpha value is -1.85. The number of rotatable bonds is 4. The molecule has 0 radical (unpaired) electrons. The molecule has 21 heavy (non-hydrogen) atoms. The summed E-state index contributed by atoms with van der Waals surface area (Å²) in [5, 5.41) is 2.31. The van der Waals surface area contributed by atoms with Gasteiger partial charge >= 0.3 is 6.09 Å². The predicted molar refractivity (Wildman–Crippen MR) is 86.6 cm³/mol. The monoisotopic (exact) mass is 302 g/mol. The molecule has 0 rings (SSSR count). The fourth-order valence-electron chi connectivity index (χ4n) is 0.864. The van der Waals surface area contributed by atoms with Crippen LogP contribution in [0.5, 0.6) is 0 Å². The van der Waals surface area contributed by atoms with Gasteiger partial charge in [-0.2, -0.15) is 0 Å². The van der Waals surface area contributed by atoms with E-state index in [4.69, 9.17) is 9.47 Å². The van der Waals surface area contributed by atoms with Crippen LogP contribution < -0.4 is 5.32 Å². The van der Waals surface area contributed by atoms with Gasteiger partial charge in [-0.25, -0.2) is 9.79 Å². The van der Waals surface area contributed by atoms with Crippen molar-refractivity contribution >= 4 is 17.8 Å². The summed E-state index contributed by atoms with van der Waals surface area (Å²) in [7, 11) is 1.31. The Bertz CT molecular complexity index is 331. The number of methoxy groups -OCH3 is 1. The molecule has 0 spiro atoms. The molecule has 0 aromatic carbocycles. The number of carbonyl (C=O) groups is 2. The average molecular weight is 302 g/mol. The molecule has 1 amide bonds. The summed E-state index contributed by atoms with van der Waals surface area (Å²) in [6.07, 6.45) is 0.518. The summed E-state index contributed by atoms with van der Waals surface area (Å²) in [4.78, 5) is 26.3. The number of hydrogen-bond acceptors (Lipinski definition) is 5. The molecule has 0 atom stereocenters. The van der Waals surface area contributed by atoms with Gasteiger partial charge in [-0.05, 0) is 20.8 Å². The molecule has 0 aliphatic heterocycles. The molecule has 0 bridgehead atoms. The van der Waals surface area contributed by atoms with Crippen molar-refractivity contribution in [2.24, 2.45) is 4.99 Å². The Morgan fingerprint density at radius 3 is 2.00 bits per heavy atom. The Kier molecular flexibility index (Phi) is 16.8. The standard InChI is InChI=1S/C11H18N2O4.2C2H6/c1-6-12-9(16-5)8(14)7-13-10(15)17-11(2,3)4;2*1-2/h6H,1,7H2,2-5H3,(H,13,15);2*1-2H3. The van der Waals surface area contributed by atoms with Crippen molar-refractivity contribution in [1.82, 2.24) is 5.32 Å². The van der Waals surface area contributed by atoms with Crippen LogP contribution in [0.2, 0.25) is 0 Å². The van der Waals surface area contributed by atoms with Gasteiger partial charge in [0.15, 0.2) is 0 Å². The van der Waals surface area contributed by atoms with E-state index in [-0.39, 0.29) is 12.4 Å². The fraction of sp³-hybridized carbons (Fsp3) is 0.667. The number of hydrogen-bond donors (Lipinski definition) is 1. The molecule has 0 aliphatic rings. The summed E-state index contributed by atoms with van der Waals surface area (Å²) >= 11 is 0. The van der Waals surface area contributed by atoms with Crippen molar-refractivity contribution in [3.05, 3.63) is 12.8 Å². The van der Waals surface area contributed by atoms with E-state index < -0.39 is 17.5 Å². The molecule has 0 heterocycles. The van der Waals surface area contributed by atoms with Gasteiger partial charge in [-0.15, -0.1) is 0 Å². The summed E-state index contributed by atoms with van der Waals surface area (Å²) < 4.78 is 9.68. The Labute approximate surface area is 128 Å². The van der Waals surface area contributed by atoms with Crippen molar-refractivity contribution < 1.29 is 19.1 Å². The zero-order valence-electron chi connectivity index (χ0n) is 14.6. The number of ketones is 1. The fourth-order valence-corrected chi connectivity index (χ4v) is 0.864. The van der Waals surface area contributed by atoms with E-state index >= 15 is 0 Å². The number of amides is 1. The highest BCUT2D eigenvalue weighted by Crippen LogP contribution is 2.06. The topological polar surface area (TPSA) is 77.0 Å². The SMILES string of the molecule is C=CN=C(OC)C(=O)CNC(=O)OC(C)(C)C.CC.CC. The number of aliphatic imine (C=N–C) groups is 1. The number of nitrogens with one attached hydrogen (secondary N) is 1. The maximum atomic E-state index is 11.5. The van der Waals surface area contributed by atoms with Crippen LogP contribution in [-0.4, -0.2) is 37.0 Å². The van der Waals surface area contributed by atoms with Gasteiger partial charge < -0.3 is 14.8 Å². The van der Waals surface area contributed by atoms with Crippen LogP contribution in [0.15, 0.2) is 17.8 Å². The molecule has 0 unspecified atom stereocenters. The summed E-state index contributed by atoms with van der Waals surface area (Å²) in [5.41, 5.74) is -0.605. The summed E-state index contributed by atoms with van der Waals surface area (Å²) in [6, 6.07) is 0. The quantitative estimate of drug-likeness (QED) is 0.638. The van der Waals surface area contributed by atoms with E-state index in [1.165, 1.54) is 13.3 Å². The second-order valence-electron chi connectivity index (χ2n) is 4.10. The number of alkyl carbamates (subject to hydrolysis) is 1. The van der Waals surface area contributed by atoms with E-state index in [9.17, 15) is 9.59 Å². The maximum absolute atomic E-state index is 11.5. The van der Waals surface area contributed by atoms with Gasteiger partial charge in [-0.3, -0.25) is 4.79 Å². The van der Waals surface area contributed by atoms with Crippen molar-refractivity contribution in [3.8, 4) is 0 Å². The lowest BCUT2D eigenvalue weighted by molar-refractivity contribution is -0.113. The van der Waals surface area contributed by atoms with E-state index in [0.717, 1.165) is 0 Å². The lowest BCUT2D eigenvalue weighted by Crippen LogP contribution is -2.37. The summed E-state index contributed by atoms with van der Waals surface area (Å²) in [6.45, 7) is 16.3. The Morgan fingerprint density at radius 2 is 1.67 bits per heavy atom. The highest BCUT2D eigenvalue weighted by molar-refractivity contribution is 6.37. The third kappa shape index (κ3) is 16.1. The van der Waals surface area contributed by atoms with Gasteiger partial charge in [0.2, 0.25) is 5.78 Å². The second-order valence-corrected chi connectivity index (χ2v) is 4.10. The minimum absolute atomic E-state index is 0.115. The van der Waals surface area contributed by atoms with Crippen LogP contribution in [0.4, 0.5) is 4.79 Å². The van der Waals surface area contributed by atoms with Gasteiger partial charge in [0.1, 0.15) is 5.60 Å². The zero-order valence-corrected chi connectivity index (χ0v) is 14.6. The largest absolute Gasteiger partial charge is 0.478 e. The second kappa shape index (κ2) is 14.6. The first-order valence-electron chi connectivity index (χ1n) is 7.03. The Balaban J connectivity index is -0.000000739. The van der Waals surface area contributed by atoms with Crippen LogP contribution in [0.1, 0.15) is 48.5 Å². The smallest absolute Gasteiger partial charge is 0.408 e. The number of nitrogens with zero attached hydrogens (tertiary/aromatic N) is 1. The molecule has 0 saturated heterocycles. The first-order valence-corrected chi connectivity index (χ1v) is 7.03. The molecule has 0 fully saturated rings. The van der Waals surface area contributed by atoms with E-state index in [2.05, 4.69) is 16.9 Å². The number of carbonyl (C=O) groups excluding carboxylic acids is 2. The highest BCUT2D eigenvalue weighted by atomic mass is 16.6. The first kappa shape index (κ1) is 24.2. The molecule has 1 N–H and O–H groups in total. The van der Waals surface area contributed by atoms with Crippen LogP contribution >= 0.6 is 0 Å². The molecule has 0 aromatic heterocycles. The third-order valence-corrected chi connectivity index (χ3v) is 1.43. The Morgan fingerprint density at radius 1 is 1.19 bits per heavy atom. The molecular weight excluding hydrogens is 272 g/mol. The number of Topliss-reactive ketones (excluding diaryl/α,β-unsaturated/α-hetero) is 1. The minimum atomic E-state index is -0.667.